The van der Waals surface area contributed by atoms with Crippen LogP contribution in [0.5, 0.6) is 0 Å². The number of anilines is 2. The zero-order chi connectivity index (χ0) is 15.7. The third-order valence-electron chi connectivity index (χ3n) is 3.58. The highest BCUT2D eigenvalue weighted by Crippen LogP contribution is 2.34. The van der Waals surface area contributed by atoms with Gasteiger partial charge in [0.25, 0.3) is 0 Å². The normalized spacial score (nSPS) is 16.8. The Labute approximate surface area is 132 Å². The van der Waals surface area contributed by atoms with Crippen LogP contribution in [0.15, 0.2) is 30.5 Å². The summed E-state index contributed by atoms with van der Waals surface area (Å²) in [7, 11) is 1.73. The molecule has 0 saturated carbocycles. The number of amides is 2. The maximum absolute atomic E-state index is 12.2. The van der Waals surface area contributed by atoms with Gasteiger partial charge in [0.2, 0.25) is 11.8 Å². The van der Waals surface area contributed by atoms with E-state index in [0.717, 1.165) is 11.3 Å². The van der Waals surface area contributed by atoms with E-state index in [-0.39, 0.29) is 24.2 Å². The number of carbonyl (C=O) groups excluding carboxylic acids is 2. The lowest BCUT2D eigenvalue weighted by molar-refractivity contribution is -0.118. The predicted octanol–water partition coefficient (Wildman–Crippen LogP) is 2.53. The highest BCUT2D eigenvalue weighted by atomic mass is 35.5. The summed E-state index contributed by atoms with van der Waals surface area (Å²) >= 11 is 5.97. The molecule has 2 heterocycles. The number of benzene rings is 1. The molecule has 2 N–H and O–H groups in total. The topological polar surface area (TPSA) is 76.0 Å². The third kappa shape index (κ3) is 2.96. The number of carbonyl (C=O) groups is 2. The van der Waals surface area contributed by atoms with Crippen molar-refractivity contribution >= 4 is 34.9 Å². The molecule has 6 nitrogen and oxygen atoms in total. The lowest BCUT2D eigenvalue weighted by Crippen LogP contribution is -2.26. The number of nitrogens with one attached hydrogen (secondary N) is 2. The van der Waals surface area contributed by atoms with Gasteiger partial charge < -0.3 is 10.6 Å². The first-order valence-electron chi connectivity index (χ1n) is 6.90. The summed E-state index contributed by atoms with van der Waals surface area (Å²) in [5.41, 5.74) is 1.75. The molecule has 1 unspecified atom stereocenters. The van der Waals surface area contributed by atoms with Crippen LogP contribution in [-0.4, -0.2) is 21.6 Å². The van der Waals surface area contributed by atoms with Crippen LogP contribution < -0.4 is 10.6 Å². The van der Waals surface area contributed by atoms with Crippen molar-refractivity contribution in [3.05, 3.63) is 41.0 Å². The molecular weight excluding hydrogens is 304 g/mol. The molecule has 1 aromatic heterocycles. The summed E-state index contributed by atoms with van der Waals surface area (Å²) in [6.45, 7) is 0. The van der Waals surface area contributed by atoms with Crippen LogP contribution in [0.4, 0.5) is 11.5 Å². The summed E-state index contributed by atoms with van der Waals surface area (Å²) in [5, 5.41) is 9.97. The predicted molar refractivity (Wildman–Crippen MR) is 83.9 cm³/mol. The lowest BCUT2D eigenvalue weighted by atomic mass is 9.88. The molecule has 1 atom stereocenters. The SMILES string of the molecule is Cn1cc(Cl)c(NC(=O)CC2CC(=O)Nc3ccccc32)n1. The lowest BCUT2D eigenvalue weighted by Gasteiger charge is -2.24. The Morgan fingerprint density at radius 3 is 3.00 bits per heavy atom. The number of hydrogen-bond donors (Lipinski definition) is 2. The summed E-state index contributed by atoms with van der Waals surface area (Å²) in [6.07, 6.45) is 2.11. The molecule has 0 spiro atoms. The van der Waals surface area contributed by atoms with Gasteiger partial charge in [-0.25, -0.2) is 0 Å². The average molecular weight is 319 g/mol. The molecule has 2 amide bonds. The van der Waals surface area contributed by atoms with Crippen molar-refractivity contribution in [1.82, 2.24) is 9.78 Å². The number of fused-ring (bicyclic) bond motifs is 1. The zero-order valence-electron chi connectivity index (χ0n) is 12.0. The number of nitrogens with zero attached hydrogens (tertiary/aromatic N) is 2. The molecule has 1 aromatic carbocycles. The summed E-state index contributed by atoms with van der Waals surface area (Å²) in [5.74, 6) is -0.0994. The summed E-state index contributed by atoms with van der Waals surface area (Å²) < 4.78 is 1.53. The number of halogens is 1. The van der Waals surface area contributed by atoms with E-state index in [2.05, 4.69) is 15.7 Å². The smallest absolute Gasteiger partial charge is 0.226 e. The standard InChI is InChI=1S/C15H15ClN4O2/c1-20-8-11(16)15(19-20)18-14(22)7-9-6-13(21)17-12-5-3-2-4-10(9)12/h2-5,8-9H,6-7H2,1H3,(H,17,21)(H,18,19,22). The van der Waals surface area contributed by atoms with Crippen molar-refractivity contribution in [2.24, 2.45) is 7.05 Å². The second-order valence-electron chi connectivity index (χ2n) is 5.29. The fourth-order valence-electron chi connectivity index (χ4n) is 2.64. The Hall–Kier alpha value is -2.34. The number of hydrogen-bond acceptors (Lipinski definition) is 3. The van der Waals surface area contributed by atoms with Gasteiger partial charge in [0, 0.05) is 37.7 Å². The molecule has 0 radical (unpaired) electrons. The van der Waals surface area contributed by atoms with Crippen molar-refractivity contribution in [2.45, 2.75) is 18.8 Å². The van der Waals surface area contributed by atoms with Crippen LogP contribution in [0.3, 0.4) is 0 Å². The van der Waals surface area contributed by atoms with Crippen molar-refractivity contribution in [2.75, 3.05) is 10.6 Å². The molecule has 114 valence electrons. The van der Waals surface area contributed by atoms with Gasteiger partial charge in [0.15, 0.2) is 5.82 Å². The van der Waals surface area contributed by atoms with Crippen LogP contribution in [0.1, 0.15) is 24.3 Å². The molecule has 0 aliphatic carbocycles. The van der Waals surface area contributed by atoms with E-state index in [1.54, 1.807) is 13.2 Å². The van der Waals surface area contributed by atoms with E-state index in [1.165, 1.54) is 4.68 Å². The van der Waals surface area contributed by atoms with Crippen LogP contribution in [0.25, 0.3) is 0 Å². The van der Waals surface area contributed by atoms with Gasteiger partial charge in [-0.3, -0.25) is 14.3 Å². The Morgan fingerprint density at radius 1 is 1.50 bits per heavy atom. The molecule has 22 heavy (non-hydrogen) atoms. The number of aromatic nitrogens is 2. The van der Waals surface area contributed by atoms with Gasteiger partial charge in [0.05, 0.1) is 0 Å². The van der Waals surface area contributed by atoms with Gasteiger partial charge in [-0.15, -0.1) is 0 Å². The van der Waals surface area contributed by atoms with Gasteiger partial charge in [-0.05, 0) is 11.6 Å². The molecule has 0 bridgehead atoms. The van der Waals surface area contributed by atoms with Gasteiger partial charge in [0.1, 0.15) is 5.02 Å². The number of aryl methyl sites for hydroxylation is 1. The summed E-state index contributed by atoms with van der Waals surface area (Å²) in [4.78, 5) is 24.0. The van der Waals surface area contributed by atoms with Crippen molar-refractivity contribution in [3.63, 3.8) is 0 Å². The van der Waals surface area contributed by atoms with Crippen LogP contribution in [-0.2, 0) is 16.6 Å². The largest absolute Gasteiger partial charge is 0.326 e. The first-order valence-corrected chi connectivity index (χ1v) is 7.28. The monoisotopic (exact) mass is 318 g/mol. The Morgan fingerprint density at radius 2 is 2.27 bits per heavy atom. The molecular formula is C15H15ClN4O2. The van der Waals surface area contributed by atoms with E-state index in [0.29, 0.717) is 17.3 Å². The minimum atomic E-state index is -0.213. The van der Waals surface area contributed by atoms with Gasteiger partial charge in [-0.1, -0.05) is 29.8 Å². The van der Waals surface area contributed by atoms with E-state index in [1.807, 2.05) is 24.3 Å². The zero-order valence-corrected chi connectivity index (χ0v) is 12.7. The Kier molecular flexibility index (Phi) is 3.85. The fraction of sp³-hybridized carbons (Fsp3) is 0.267. The van der Waals surface area contributed by atoms with Crippen molar-refractivity contribution in [3.8, 4) is 0 Å². The van der Waals surface area contributed by atoms with E-state index >= 15 is 0 Å². The average Bonchev–Trinajstić information content (AvgIpc) is 2.76. The number of para-hydroxylation sites is 1. The molecule has 0 saturated heterocycles. The van der Waals surface area contributed by atoms with Crippen LogP contribution in [0.2, 0.25) is 5.02 Å². The van der Waals surface area contributed by atoms with E-state index in [4.69, 9.17) is 11.6 Å². The molecule has 1 aliphatic heterocycles. The maximum atomic E-state index is 12.2. The molecule has 0 fully saturated rings. The Bertz CT molecular complexity index is 741. The Balaban J connectivity index is 1.74. The van der Waals surface area contributed by atoms with Crippen LogP contribution >= 0.6 is 11.6 Å². The fourth-order valence-corrected chi connectivity index (χ4v) is 2.86. The molecule has 3 rings (SSSR count). The van der Waals surface area contributed by atoms with Gasteiger partial charge >= 0.3 is 0 Å². The molecule has 7 heteroatoms. The highest BCUT2D eigenvalue weighted by Gasteiger charge is 2.27. The minimum Gasteiger partial charge on any atom is -0.326 e. The number of rotatable bonds is 3. The second kappa shape index (κ2) is 5.81. The third-order valence-corrected chi connectivity index (χ3v) is 3.86. The second-order valence-corrected chi connectivity index (χ2v) is 5.70. The quantitative estimate of drug-likeness (QED) is 0.913. The van der Waals surface area contributed by atoms with Crippen LogP contribution in [0, 0.1) is 0 Å². The molecule has 1 aliphatic rings. The minimum absolute atomic E-state index is 0.0765. The maximum Gasteiger partial charge on any atom is 0.226 e. The van der Waals surface area contributed by atoms with Crippen molar-refractivity contribution in [1.29, 1.82) is 0 Å². The van der Waals surface area contributed by atoms with Gasteiger partial charge in [-0.2, -0.15) is 5.10 Å². The molecule has 2 aromatic rings. The first kappa shape index (κ1) is 14.6. The van der Waals surface area contributed by atoms with E-state index < -0.39 is 0 Å². The van der Waals surface area contributed by atoms with Crippen molar-refractivity contribution < 1.29 is 9.59 Å². The summed E-state index contributed by atoms with van der Waals surface area (Å²) in [6, 6.07) is 7.53. The van der Waals surface area contributed by atoms with E-state index in [9.17, 15) is 9.59 Å². The highest BCUT2D eigenvalue weighted by molar-refractivity contribution is 6.33. The first-order chi connectivity index (χ1) is 10.5.